The summed E-state index contributed by atoms with van der Waals surface area (Å²) in [6, 6.07) is 4.56. The number of hydrogen-bond donors (Lipinski definition) is 0. The average molecular weight is 230 g/mol. The second kappa shape index (κ2) is 4.85. The van der Waals surface area contributed by atoms with Crippen LogP contribution < -0.4 is 0 Å². The largest absolute Gasteiger partial charge is 0.420 e. The minimum absolute atomic E-state index is 0.462. The van der Waals surface area contributed by atoms with Crippen LogP contribution >= 0.6 is 0 Å². The zero-order chi connectivity index (χ0) is 11.5. The summed E-state index contributed by atoms with van der Waals surface area (Å²) < 4.78 is 31.3. The van der Waals surface area contributed by atoms with Crippen LogP contribution in [0.5, 0.6) is 0 Å². The molecule has 0 heterocycles. The molecule has 0 aliphatic rings. The summed E-state index contributed by atoms with van der Waals surface area (Å²) in [7, 11) is 0.0307. The first-order chi connectivity index (χ1) is 6.94. The molecule has 0 fully saturated rings. The molecule has 0 aliphatic heterocycles. The standard InChI is InChI=1S/C11H16F2OSi/c1-14-15(2,3)7-6-9-4-5-10(12)8-11(9)13/h4-5,8H,6-7H2,1-3H3. The van der Waals surface area contributed by atoms with Crippen LogP contribution in [-0.2, 0) is 10.8 Å². The van der Waals surface area contributed by atoms with Gasteiger partial charge in [-0.2, -0.15) is 0 Å². The third kappa shape index (κ3) is 3.72. The van der Waals surface area contributed by atoms with Crippen molar-refractivity contribution < 1.29 is 13.2 Å². The van der Waals surface area contributed by atoms with Crippen LogP contribution in [0.3, 0.4) is 0 Å². The number of rotatable bonds is 4. The minimum Gasteiger partial charge on any atom is -0.420 e. The summed E-state index contributed by atoms with van der Waals surface area (Å²) in [5.74, 6) is -0.990. The smallest absolute Gasteiger partial charge is 0.186 e. The van der Waals surface area contributed by atoms with E-state index in [4.69, 9.17) is 4.43 Å². The SMILES string of the molecule is CO[Si](C)(C)CCc1ccc(F)cc1F. The van der Waals surface area contributed by atoms with Crippen molar-refractivity contribution in [1.82, 2.24) is 0 Å². The van der Waals surface area contributed by atoms with Crippen LogP contribution in [0.25, 0.3) is 0 Å². The Labute approximate surface area is 90.2 Å². The Kier molecular flexibility index (Phi) is 3.99. The monoisotopic (exact) mass is 230 g/mol. The van der Waals surface area contributed by atoms with Crippen LogP contribution in [0.4, 0.5) is 8.78 Å². The highest BCUT2D eigenvalue weighted by Gasteiger charge is 2.20. The molecule has 0 saturated heterocycles. The van der Waals surface area contributed by atoms with Crippen molar-refractivity contribution in [3.8, 4) is 0 Å². The van der Waals surface area contributed by atoms with E-state index in [1.54, 1.807) is 7.11 Å². The van der Waals surface area contributed by atoms with Gasteiger partial charge in [0.25, 0.3) is 0 Å². The first-order valence-corrected chi connectivity index (χ1v) is 8.05. The van der Waals surface area contributed by atoms with Crippen LogP contribution in [0.1, 0.15) is 5.56 Å². The number of halogens is 2. The van der Waals surface area contributed by atoms with Crippen molar-refractivity contribution >= 4 is 8.32 Å². The molecule has 1 nitrogen and oxygen atoms in total. The molecule has 0 atom stereocenters. The maximum Gasteiger partial charge on any atom is 0.186 e. The van der Waals surface area contributed by atoms with E-state index in [-0.39, 0.29) is 0 Å². The van der Waals surface area contributed by atoms with Gasteiger partial charge in [-0.25, -0.2) is 8.78 Å². The maximum atomic E-state index is 13.3. The molecule has 0 radical (unpaired) electrons. The van der Waals surface area contributed by atoms with E-state index in [9.17, 15) is 8.78 Å². The highest BCUT2D eigenvalue weighted by molar-refractivity contribution is 6.71. The lowest BCUT2D eigenvalue weighted by Gasteiger charge is -2.19. The fourth-order valence-electron chi connectivity index (χ4n) is 1.26. The molecule has 1 aromatic rings. The molecule has 0 spiro atoms. The van der Waals surface area contributed by atoms with E-state index in [1.807, 2.05) is 0 Å². The van der Waals surface area contributed by atoms with Crippen LogP contribution in [0.2, 0.25) is 19.1 Å². The second-order valence-electron chi connectivity index (χ2n) is 4.20. The molecular formula is C11H16F2OSi. The molecule has 0 saturated carbocycles. The molecule has 0 amide bonds. The van der Waals surface area contributed by atoms with Crippen molar-refractivity contribution in [2.75, 3.05) is 7.11 Å². The van der Waals surface area contributed by atoms with E-state index in [1.165, 1.54) is 12.1 Å². The van der Waals surface area contributed by atoms with Crippen LogP contribution in [0.15, 0.2) is 18.2 Å². The molecule has 1 aromatic carbocycles. The molecule has 84 valence electrons. The van der Waals surface area contributed by atoms with Gasteiger partial charge >= 0.3 is 0 Å². The summed E-state index contributed by atoms with van der Waals surface area (Å²) in [4.78, 5) is 0. The number of benzene rings is 1. The summed E-state index contributed by atoms with van der Waals surface area (Å²) in [6.45, 7) is 4.16. The van der Waals surface area contributed by atoms with E-state index >= 15 is 0 Å². The molecule has 0 unspecified atom stereocenters. The van der Waals surface area contributed by atoms with Crippen molar-refractivity contribution in [3.05, 3.63) is 35.4 Å². The third-order valence-electron chi connectivity index (χ3n) is 2.56. The Morgan fingerprint density at radius 2 is 1.93 bits per heavy atom. The van der Waals surface area contributed by atoms with E-state index in [2.05, 4.69) is 13.1 Å². The normalized spacial score (nSPS) is 11.8. The summed E-state index contributed by atoms with van der Waals surface area (Å²) in [5.41, 5.74) is 0.564. The van der Waals surface area contributed by atoms with Crippen molar-refractivity contribution in [3.63, 3.8) is 0 Å². The lowest BCUT2D eigenvalue weighted by Crippen LogP contribution is -2.28. The Morgan fingerprint density at radius 1 is 1.27 bits per heavy atom. The number of aryl methyl sites for hydroxylation is 1. The van der Waals surface area contributed by atoms with Gasteiger partial charge in [0, 0.05) is 13.2 Å². The molecule has 0 bridgehead atoms. The Balaban J connectivity index is 2.66. The Hall–Kier alpha value is -0.743. The van der Waals surface area contributed by atoms with Crippen molar-refractivity contribution in [1.29, 1.82) is 0 Å². The molecular weight excluding hydrogens is 214 g/mol. The lowest BCUT2D eigenvalue weighted by molar-refractivity contribution is 0.403. The molecule has 4 heteroatoms. The van der Waals surface area contributed by atoms with Crippen molar-refractivity contribution in [2.24, 2.45) is 0 Å². The van der Waals surface area contributed by atoms with Gasteiger partial charge in [-0.1, -0.05) is 6.07 Å². The van der Waals surface area contributed by atoms with Gasteiger partial charge < -0.3 is 4.43 Å². The highest BCUT2D eigenvalue weighted by atomic mass is 28.4. The second-order valence-corrected chi connectivity index (χ2v) is 8.63. The predicted octanol–water partition coefficient (Wildman–Crippen LogP) is 3.36. The van der Waals surface area contributed by atoms with Gasteiger partial charge in [-0.15, -0.1) is 0 Å². The van der Waals surface area contributed by atoms with E-state index < -0.39 is 20.0 Å². The highest BCUT2D eigenvalue weighted by Crippen LogP contribution is 2.17. The van der Waals surface area contributed by atoms with Gasteiger partial charge in [-0.05, 0) is 37.2 Å². The topological polar surface area (TPSA) is 9.23 Å². The summed E-state index contributed by atoms with van der Waals surface area (Å²) in [6.07, 6.45) is 0.610. The predicted molar refractivity (Wildman–Crippen MR) is 59.4 cm³/mol. The Bertz CT molecular complexity index is 339. The van der Waals surface area contributed by atoms with E-state index in [0.717, 1.165) is 12.1 Å². The zero-order valence-electron chi connectivity index (χ0n) is 9.31. The fourth-order valence-corrected chi connectivity index (χ4v) is 2.34. The maximum absolute atomic E-state index is 13.3. The molecule has 1 rings (SSSR count). The molecule has 0 aromatic heterocycles. The summed E-state index contributed by atoms with van der Waals surface area (Å²) >= 11 is 0. The first-order valence-electron chi connectivity index (χ1n) is 4.94. The molecule has 0 aliphatic carbocycles. The molecule has 15 heavy (non-hydrogen) atoms. The first kappa shape index (κ1) is 12.3. The minimum atomic E-state index is -1.66. The Morgan fingerprint density at radius 3 is 2.47 bits per heavy atom. The van der Waals surface area contributed by atoms with Crippen molar-refractivity contribution in [2.45, 2.75) is 25.6 Å². The van der Waals surface area contributed by atoms with Crippen LogP contribution in [0, 0.1) is 11.6 Å². The molecule has 0 N–H and O–H groups in total. The fraction of sp³-hybridized carbons (Fsp3) is 0.455. The van der Waals surface area contributed by atoms with Gasteiger partial charge in [0.05, 0.1) is 0 Å². The summed E-state index contributed by atoms with van der Waals surface area (Å²) in [5, 5.41) is 0. The van der Waals surface area contributed by atoms with E-state index in [0.29, 0.717) is 12.0 Å². The van der Waals surface area contributed by atoms with Gasteiger partial charge in [0.15, 0.2) is 8.32 Å². The van der Waals surface area contributed by atoms with Gasteiger partial charge in [-0.3, -0.25) is 0 Å². The van der Waals surface area contributed by atoms with Gasteiger partial charge in [0.1, 0.15) is 11.6 Å². The lowest BCUT2D eigenvalue weighted by atomic mass is 10.1. The van der Waals surface area contributed by atoms with Crippen LogP contribution in [-0.4, -0.2) is 15.4 Å². The average Bonchev–Trinajstić information content (AvgIpc) is 2.16. The zero-order valence-corrected chi connectivity index (χ0v) is 10.3. The number of hydrogen-bond acceptors (Lipinski definition) is 1. The van der Waals surface area contributed by atoms with Gasteiger partial charge in [0.2, 0.25) is 0 Å². The third-order valence-corrected chi connectivity index (χ3v) is 5.12. The quantitative estimate of drug-likeness (QED) is 0.721.